The zero-order valence-corrected chi connectivity index (χ0v) is 6.26. The molecule has 0 aliphatic heterocycles. The highest BCUT2D eigenvalue weighted by Gasteiger charge is 2.55. The summed E-state index contributed by atoms with van der Waals surface area (Å²) < 4.78 is 0. The molecule has 1 fully saturated rings. The Balaban J connectivity index is 2.52. The smallest absolute Gasteiger partial charge is 0.0666 e. The van der Waals surface area contributed by atoms with Crippen LogP contribution < -0.4 is 0 Å². The van der Waals surface area contributed by atoms with Gasteiger partial charge in [0.2, 0.25) is 0 Å². The molecule has 1 aliphatic carbocycles. The van der Waals surface area contributed by atoms with Crippen LogP contribution in [0.25, 0.3) is 0 Å². The number of aliphatic hydroxyl groups is 1. The van der Waals surface area contributed by atoms with Gasteiger partial charge in [0, 0.05) is 11.3 Å². The molecular formula is C8H14O. The summed E-state index contributed by atoms with van der Waals surface area (Å²) in [6, 6.07) is 0. The van der Waals surface area contributed by atoms with Gasteiger partial charge in [-0.15, -0.1) is 0 Å². The summed E-state index contributed by atoms with van der Waals surface area (Å²) in [7, 11) is 0. The normalized spacial score (nSPS) is 39.6. The molecule has 0 aromatic carbocycles. The van der Waals surface area contributed by atoms with Gasteiger partial charge in [-0.25, -0.2) is 0 Å². The lowest BCUT2D eigenvalue weighted by atomic mass is 10.1. The zero-order chi connectivity index (χ0) is 7.07. The van der Waals surface area contributed by atoms with E-state index >= 15 is 0 Å². The van der Waals surface area contributed by atoms with E-state index in [4.69, 9.17) is 0 Å². The fraction of sp³-hybridized carbons (Fsp3) is 0.750. The maximum Gasteiger partial charge on any atom is 0.0666 e. The van der Waals surface area contributed by atoms with E-state index in [1.165, 1.54) is 0 Å². The van der Waals surface area contributed by atoms with Crippen molar-refractivity contribution in [2.75, 3.05) is 0 Å². The van der Waals surface area contributed by atoms with Crippen LogP contribution in [-0.4, -0.2) is 11.2 Å². The number of hydrogen-bond donors (Lipinski definition) is 1. The van der Waals surface area contributed by atoms with Gasteiger partial charge < -0.3 is 5.11 Å². The molecule has 1 N–H and O–H groups in total. The summed E-state index contributed by atoms with van der Waals surface area (Å²) in [6.07, 6.45) is 3.97. The summed E-state index contributed by atoms with van der Waals surface area (Å²) in [5.74, 6) is 0.405. The summed E-state index contributed by atoms with van der Waals surface area (Å²) in [4.78, 5) is 0. The van der Waals surface area contributed by atoms with Gasteiger partial charge in [0.1, 0.15) is 0 Å². The van der Waals surface area contributed by atoms with Crippen LogP contribution in [0.15, 0.2) is 12.2 Å². The standard InChI is InChI=1S/C8H14O/c1-4-5-6-7(9)8(6,2)3/h4-7,9H,1-3H3/t6-,7?/m1/s1. The molecular weight excluding hydrogens is 112 g/mol. The molecule has 0 saturated heterocycles. The summed E-state index contributed by atoms with van der Waals surface area (Å²) in [5.41, 5.74) is 0.145. The third-order valence-electron chi connectivity index (χ3n) is 2.25. The van der Waals surface area contributed by atoms with Crippen molar-refractivity contribution in [1.82, 2.24) is 0 Å². The summed E-state index contributed by atoms with van der Waals surface area (Å²) in [5, 5.41) is 9.23. The minimum atomic E-state index is -0.103. The van der Waals surface area contributed by atoms with Gasteiger partial charge in [0.15, 0.2) is 0 Å². The molecule has 0 spiro atoms. The van der Waals surface area contributed by atoms with E-state index in [0.29, 0.717) is 5.92 Å². The first-order valence-electron chi connectivity index (χ1n) is 3.41. The van der Waals surface area contributed by atoms with Crippen molar-refractivity contribution in [3.05, 3.63) is 12.2 Å². The summed E-state index contributed by atoms with van der Waals surface area (Å²) >= 11 is 0. The second-order valence-electron chi connectivity index (χ2n) is 3.32. The molecule has 2 atom stereocenters. The number of hydrogen-bond acceptors (Lipinski definition) is 1. The predicted molar refractivity (Wildman–Crippen MR) is 38.1 cm³/mol. The molecule has 0 bridgehead atoms. The second-order valence-corrected chi connectivity index (χ2v) is 3.32. The average molecular weight is 126 g/mol. The third kappa shape index (κ3) is 0.897. The third-order valence-corrected chi connectivity index (χ3v) is 2.25. The van der Waals surface area contributed by atoms with Crippen LogP contribution in [0.1, 0.15) is 20.8 Å². The minimum absolute atomic E-state index is 0.103. The zero-order valence-electron chi connectivity index (χ0n) is 6.26. The van der Waals surface area contributed by atoms with Crippen molar-refractivity contribution in [3.8, 4) is 0 Å². The van der Waals surface area contributed by atoms with E-state index in [-0.39, 0.29) is 11.5 Å². The van der Waals surface area contributed by atoms with Gasteiger partial charge in [-0.3, -0.25) is 0 Å². The SMILES string of the molecule is CC=C[C@@H]1C(O)C1(C)C. The van der Waals surface area contributed by atoms with Crippen LogP contribution in [0.5, 0.6) is 0 Å². The number of allylic oxidation sites excluding steroid dienone is 1. The number of rotatable bonds is 1. The van der Waals surface area contributed by atoms with E-state index in [9.17, 15) is 5.11 Å². The molecule has 1 nitrogen and oxygen atoms in total. The second kappa shape index (κ2) is 1.84. The van der Waals surface area contributed by atoms with Crippen molar-refractivity contribution >= 4 is 0 Å². The van der Waals surface area contributed by atoms with E-state index in [1.807, 2.05) is 13.0 Å². The maximum absolute atomic E-state index is 9.23. The Morgan fingerprint density at radius 2 is 1.89 bits per heavy atom. The Hall–Kier alpha value is -0.300. The molecule has 0 radical (unpaired) electrons. The highest BCUT2D eigenvalue weighted by molar-refractivity contribution is 5.14. The fourth-order valence-corrected chi connectivity index (χ4v) is 1.21. The molecule has 1 unspecified atom stereocenters. The minimum Gasteiger partial charge on any atom is -0.392 e. The van der Waals surface area contributed by atoms with Crippen LogP contribution in [-0.2, 0) is 0 Å². The molecule has 0 aromatic rings. The van der Waals surface area contributed by atoms with E-state index in [1.54, 1.807) is 0 Å². The van der Waals surface area contributed by atoms with Crippen LogP contribution in [0, 0.1) is 11.3 Å². The van der Waals surface area contributed by atoms with Crippen LogP contribution in [0.2, 0.25) is 0 Å². The Morgan fingerprint density at radius 1 is 1.44 bits per heavy atom. The first-order valence-corrected chi connectivity index (χ1v) is 3.41. The summed E-state index contributed by atoms with van der Waals surface area (Å²) in [6.45, 7) is 6.16. The molecule has 1 rings (SSSR count). The maximum atomic E-state index is 9.23. The predicted octanol–water partition coefficient (Wildman–Crippen LogP) is 1.58. The van der Waals surface area contributed by atoms with Crippen molar-refractivity contribution in [2.24, 2.45) is 11.3 Å². The molecule has 52 valence electrons. The lowest BCUT2D eigenvalue weighted by molar-refractivity contribution is 0.232. The molecule has 1 saturated carbocycles. The Bertz CT molecular complexity index is 136. The molecule has 0 heterocycles. The topological polar surface area (TPSA) is 20.2 Å². The Kier molecular flexibility index (Phi) is 1.39. The molecule has 0 aromatic heterocycles. The molecule has 9 heavy (non-hydrogen) atoms. The fourth-order valence-electron chi connectivity index (χ4n) is 1.21. The van der Waals surface area contributed by atoms with Gasteiger partial charge in [-0.1, -0.05) is 26.0 Å². The Morgan fingerprint density at radius 3 is 2.00 bits per heavy atom. The first-order chi connectivity index (χ1) is 4.10. The Labute approximate surface area is 56.4 Å². The first kappa shape index (κ1) is 6.81. The largest absolute Gasteiger partial charge is 0.392 e. The molecule has 1 aliphatic rings. The van der Waals surface area contributed by atoms with Crippen LogP contribution >= 0.6 is 0 Å². The van der Waals surface area contributed by atoms with E-state index in [2.05, 4.69) is 19.9 Å². The molecule has 1 heteroatoms. The lowest BCUT2D eigenvalue weighted by Crippen LogP contribution is -1.91. The highest BCUT2D eigenvalue weighted by Crippen LogP contribution is 2.52. The van der Waals surface area contributed by atoms with Gasteiger partial charge in [-0.2, -0.15) is 0 Å². The van der Waals surface area contributed by atoms with Crippen molar-refractivity contribution in [3.63, 3.8) is 0 Å². The molecule has 0 amide bonds. The van der Waals surface area contributed by atoms with Gasteiger partial charge in [0.05, 0.1) is 6.10 Å². The lowest BCUT2D eigenvalue weighted by Gasteiger charge is -1.93. The number of aliphatic hydroxyl groups excluding tert-OH is 1. The van der Waals surface area contributed by atoms with Crippen molar-refractivity contribution in [2.45, 2.75) is 26.9 Å². The van der Waals surface area contributed by atoms with E-state index < -0.39 is 0 Å². The van der Waals surface area contributed by atoms with Crippen LogP contribution in [0.4, 0.5) is 0 Å². The van der Waals surface area contributed by atoms with Crippen molar-refractivity contribution in [1.29, 1.82) is 0 Å². The average Bonchev–Trinajstić information content (AvgIpc) is 2.19. The van der Waals surface area contributed by atoms with Crippen LogP contribution in [0.3, 0.4) is 0 Å². The van der Waals surface area contributed by atoms with Crippen molar-refractivity contribution < 1.29 is 5.11 Å². The quantitative estimate of drug-likeness (QED) is 0.529. The monoisotopic (exact) mass is 126 g/mol. The van der Waals surface area contributed by atoms with Gasteiger partial charge in [-0.05, 0) is 6.92 Å². The van der Waals surface area contributed by atoms with Gasteiger partial charge >= 0.3 is 0 Å². The van der Waals surface area contributed by atoms with E-state index in [0.717, 1.165) is 0 Å². The van der Waals surface area contributed by atoms with Gasteiger partial charge in [0.25, 0.3) is 0 Å². The highest BCUT2D eigenvalue weighted by atomic mass is 16.3.